The Bertz CT molecular complexity index is 1860. The average Bonchev–Trinajstić information content (AvgIpc) is 3.33. The fourth-order valence-corrected chi connectivity index (χ4v) is 5.65. The zero-order valence-corrected chi connectivity index (χ0v) is 25.2. The molecule has 1 unspecified atom stereocenters. The van der Waals surface area contributed by atoms with E-state index in [1.165, 1.54) is 49.0 Å². The highest BCUT2D eigenvalue weighted by atomic mass is 32.2. The van der Waals surface area contributed by atoms with Crippen molar-refractivity contribution >= 4 is 64.3 Å². The normalized spacial score (nSPS) is 14.6. The molecule has 0 saturated carbocycles. The van der Waals surface area contributed by atoms with Crippen LogP contribution in [0, 0.1) is 10.1 Å². The lowest BCUT2D eigenvalue weighted by Crippen LogP contribution is -2.31. The first-order valence-corrected chi connectivity index (χ1v) is 14.9. The van der Waals surface area contributed by atoms with Crippen LogP contribution >= 0.6 is 11.8 Å². The molecule has 0 spiro atoms. The maximum atomic E-state index is 13.3. The maximum absolute atomic E-state index is 13.3. The number of nitrogens with one attached hydrogen (secondary N) is 2. The van der Waals surface area contributed by atoms with Crippen molar-refractivity contribution < 1.29 is 28.9 Å². The molecule has 230 valence electrons. The summed E-state index contributed by atoms with van der Waals surface area (Å²) in [6.07, 6.45) is 1.42. The van der Waals surface area contributed by atoms with Crippen molar-refractivity contribution in [1.29, 1.82) is 0 Å². The van der Waals surface area contributed by atoms with Crippen LogP contribution in [-0.2, 0) is 14.4 Å². The number of benzene rings is 4. The number of rotatable bonds is 10. The average molecular weight is 635 g/mol. The second-order valence-electron chi connectivity index (χ2n) is 10.2. The molecule has 46 heavy (non-hydrogen) atoms. The quantitative estimate of drug-likeness (QED) is 0.0748. The Labute approximate surface area is 267 Å². The van der Waals surface area contributed by atoms with E-state index in [4.69, 9.17) is 0 Å². The number of carbonyl (C=O) groups excluding carboxylic acids is 5. The second kappa shape index (κ2) is 13.8. The van der Waals surface area contributed by atoms with Gasteiger partial charge in [-0.15, -0.1) is 11.8 Å². The number of thioether (sulfide) groups is 1. The Balaban J connectivity index is 1.28. The van der Waals surface area contributed by atoms with Crippen molar-refractivity contribution in [1.82, 2.24) is 5.32 Å². The van der Waals surface area contributed by atoms with Gasteiger partial charge in [0, 0.05) is 40.3 Å². The molecule has 0 bridgehead atoms. The van der Waals surface area contributed by atoms with E-state index in [9.17, 15) is 34.1 Å². The summed E-state index contributed by atoms with van der Waals surface area (Å²) in [4.78, 5) is 75.9. The minimum absolute atomic E-state index is 0.00829. The molecule has 1 fully saturated rings. The van der Waals surface area contributed by atoms with Gasteiger partial charge in [0.15, 0.2) is 5.78 Å². The molecule has 0 aromatic heterocycles. The zero-order chi connectivity index (χ0) is 32.8. The van der Waals surface area contributed by atoms with Crippen LogP contribution in [0.15, 0.2) is 114 Å². The van der Waals surface area contributed by atoms with E-state index in [-0.39, 0.29) is 35.4 Å². The van der Waals surface area contributed by atoms with E-state index in [2.05, 4.69) is 10.6 Å². The summed E-state index contributed by atoms with van der Waals surface area (Å²) in [6, 6.07) is 26.8. The highest BCUT2D eigenvalue weighted by molar-refractivity contribution is 8.00. The second-order valence-corrected chi connectivity index (χ2v) is 11.5. The fraction of sp³-hybridized carbons (Fsp3) is 0.0882. The number of non-ortho nitro benzene ring substituents is 1. The lowest BCUT2D eigenvalue weighted by Gasteiger charge is -2.15. The van der Waals surface area contributed by atoms with E-state index in [0.29, 0.717) is 33.0 Å². The molecule has 1 heterocycles. The van der Waals surface area contributed by atoms with Gasteiger partial charge in [-0.3, -0.25) is 34.1 Å². The lowest BCUT2D eigenvalue weighted by atomic mass is 10.1. The van der Waals surface area contributed by atoms with Crippen LogP contribution in [0.5, 0.6) is 0 Å². The fourth-order valence-electron chi connectivity index (χ4n) is 4.59. The van der Waals surface area contributed by atoms with Gasteiger partial charge in [0.2, 0.25) is 11.8 Å². The summed E-state index contributed by atoms with van der Waals surface area (Å²) in [6.45, 7) is 1.44. The molecule has 4 amide bonds. The molecular formula is C34H26N4O7S. The van der Waals surface area contributed by atoms with Crippen molar-refractivity contribution in [2.24, 2.45) is 0 Å². The van der Waals surface area contributed by atoms with Crippen LogP contribution in [0.4, 0.5) is 17.1 Å². The molecule has 5 rings (SSSR count). The Hall–Kier alpha value is -5.88. The van der Waals surface area contributed by atoms with Gasteiger partial charge in [0.05, 0.1) is 15.9 Å². The van der Waals surface area contributed by atoms with Gasteiger partial charge in [-0.05, 0) is 91.4 Å². The van der Waals surface area contributed by atoms with Crippen LogP contribution in [0.1, 0.15) is 39.6 Å². The van der Waals surface area contributed by atoms with Gasteiger partial charge in [0.1, 0.15) is 5.70 Å². The maximum Gasteiger partial charge on any atom is 0.272 e. The number of ketones is 1. The predicted molar refractivity (Wildman–Crippen MR) is 173 cm³/mol. The first-order valence-electron chi connectivity index (χ1n) is 14.0. The van der Waals surface area contributed by atoms with Gasteiger partial charge in [0.25, 0.3) is 17.5 Å². The number of imide groups is 1. The van der Waals surface area contributed by atoms with Crippen LogP contribution in [0.3, 0.4) is 0 Å². The van der Waals surface area contributed by atoms with Crippen LogP contribution < -0.4 is 15.5 Å². The number of nitrogens with zero attached hydrogens (tertiary/aromatic N) is 2. The summed E-state index contributed by atoms with van der Waals surface area (Å²) < 4.78 is 0. The Morgan fingerprint density at radius 2 is 1.52 bits per heavy atom. The summed E-state index contributed by atoms with van der Waals surface area (Å²) in [5.41, 5.74) is 1.86. The minimum atomic E-state index is -0.648. The van der Waals surface area contributed by atoms with Gasteiger partial charge < -0.3 is 10.6 Å². The number of Topliss-reactive ketones (excluding diaryl/α,β-unsaturated/α-hetero) is 1. The molecule has 0 radical (unpaired) electrons. The van der Waals surface area contributed by atoms with Crippen molar-refractivity contribution in [2.45, 2.75) is 23.5 Å². The van der Waals surface area contributed by atoms with Crippen molar-refractivity contribution in [3.05, 3.63) is 136 Å². The number of hydrogen-bond donors (Lipinski definition) is 2. The third-order valence-corrected chi connectivity index (χ3v) is 8.17. The first kappa shape index (κ1) is 31.5. The van der Waals surface area contributed by atoms with Crippen LogP contribution in [0.2, 0.25) is 0 Å². The van der Waals surface area contributed by atoms with E-state index in [1.807, 2.05) is 0 Å². The molecule has 12 heteroatoms. The zero-order valence-electron chi connectivity index (χ0n) is 24.3. The van der Waals surface area contributed by atoms with Gasteiger partial charge in [-0.2, -0.15) is 0 Å². The molecule has 2 N–H and O–H groups in total. The number of hydrogen-bond acceptors (Lipinski definition) is 8. The number of carbonyl (C=O) groups is 5. The molecular weight excluding hydrogens is 608 g/mol. The number of anilines is 2. The minimum Gasteiger partial charge on any atom is -0.321 e. The SMILES string of the molecule is CC(=O)c1ccc(N2C(=O)CC(Sc3ccc(NC(=O)/C(=C/c4ccc([N+](=O)[O-])cc4)NC(=O)c4ccccc4)cc3)C2=O)cc1. The summed E-state index contributed by atoms with van der Waals surface area (Å²) in [5.74, 6) is -1.97. The van der Waals surface area contributed by atoms with E-state index in [0.717, 1.165) is 4.90 Å². The number of nitro benzene ring substituents is 1. The topological polar surface area (TPSA) is 156 Å². The van der Waals surface area contributed by atoms with Gasteiger partial charge in [-0.1, -0.05) is 18.2 Å². The van der Waals surface area contributed by atoms with E-state index >= 15 is 0 Å². The van der Waals surface area contributed by atoms with E-state index in [1.54, 1.807) is 78.9 Å². The van der Waals surface area contributed by atoms with Gasteiger partial charge in [-0.25, -0.2) is 4.90 Å². The van der Waals surface area contributed by atoms with Crippen molar-refractivity contribution in [3.63, 3.8) is 0 Å². The number of nitro groups is 1. The smallest absolute Gasteiger partial charge is 0.272 e. The summed E-state index contributed by atoms with van der Waals surface area (Å²) >= 11 is 1.22. The molecule has 0 aliphatic carbocycles. The summed E-state index contributed by atoms with van der Waals surface area (Å²) in [7, 11) is 0. The molecule has 1 aliphatic heterocycles. The third kappa shape index (κ3) is 7.42. The Kier molecular flexibility index (Phi) is 9.48. The van der Waals surface area contributed by atoms with Crippen molar-refractivity contribution in [2.75, 3.05) is 10.2 Å². The van der Waals surface area contributed by atoms with E-state index < -0.39 is 22.0 Å². The standard InChI is InChI=1S/C34H26N4O7S/c1-21(39)23-9-15-26(16-10-23)37-31(40)20-30(34(37)43)46-28-17-11-25(12-18-28)35-33(42)29(36-32(41)24-5-3-2-4-6-24)19-22-7-13-27(14-8-22)38(44)45/h2-19,30H,20H2,1H3,(H,35,42)(H,36,41)/b29-19-. The van der Waals surface area contributed by atoms with Gasteiger partial charge >= 0.3 is 0 Å². The predicted octanol–water partition coefficient (Wildman–Crippen LogP) is 5.63. The highest BCUT2D eigenvalue weighted by Crippen LogP contribution is 2.34. The lowest BCUT2D eigenvalue weighted by molar-refractivity contribution is -0.384. The van der Waals surface area contributed by atoms with Crippen LogP contribution in [0.25, 0.3) is 6.08 Å². The van der Waals surface area contributed by atoms with Crippen LogP contribution in [-0.4, -0.2) is 39.6 Å². The highest BCUT2D eigenvalue weighted by Gasteiger charge is 2.40. The largest absolute Gasteiger partial charge is 0.321 e. The summed E-state index contributed by atoms with van der Waals surface area (Å²) in [5, 5.41) is 15.7. The number of amides is 4. The Morgan fingerprint density at radius 3 is 2.13 bits per heavy atom. The van der Waals surface area contributed by atoms with Crippen molar-refractivity contribution in [3.8, 4) is 0 Å². The molecule has 11 nitrogen and oxygen atoms in total. The molecule has 4 aromatic rings. The molecule has 1 saturated heterocycles. The third-order valence-electron chi connectivity index (χ3n) is 6.97. The molecule has 1 aliphatic rings. The first-order chi connectivity index (χ1) is 22.1. The monoisotopic (exact) mass is 634 g/mol. The molecule has 4 aromatic carbocycles. The Morgan fingerprint density at radius 1 is 0.870 bits per heavy atom. The molecule has 1 atom stereocenters.